The van der Waals surface area contributed by atoms with E-state index in [2.05, 4.69) is 64.8 Å². The third-order valence-electron chi connectivity index (χ3n) is 12.9. The Kier molecular flexibility index (Phi) is 17.9. The number of aromatic nitrogens is 10. The number of fused-ring (bicyclic) bond motifs is 4. The van der Waals surface area contributed by atoms with Crippen LogP contribution in [0.3, 0.4) is 0 Å². The van der Waals surface area contributed by atoms with Crippen molar-refractivity contribution in [1.82, 2.24) is 53.9 Å². The van der Waals surface area contributed by atoms with Gasteiger partial charge < -0.3 is 44.2 Å². The van der Waals surface area contributed by atoms with Gasteiger partial charge in [0.05, 0.1) is 48.2 Å². The number of carboxylic acid groups (broad SMARTS) is 1. The van der Waals surface area contributed by atoms with Gasteiger partial charge in [0.25, 0.3) is 5.91 Å². The zero-order valence-corrected chi connectivity index (χ0v) is 47.5. The quantitative estimate of drug-likeness (QED) is 0.0642. The summed E-state index contributed by atoms with van der Waals surface area (Å²) in [5.74, 6) is -1.25. The largest absolute Gasteiger partial charge is 0.478 e. The van der Waals surface area contributed by atoms with Crippen molar-refractivity contribution in [2.45, 2.75) is 103 Å². The molecular weight excluding hydrogens is 1030 g/mol. The van der Waals surface area contributed by atoms with Crippen LogP contribution in [0.1, 0.15) is 46.4 Å². The van der Waals surface area contributed by atoms with Gasteiger partial charge in [-0.25, -0.2) is 24.7 Å². The number of nitrogens with two attached hydrogens (primary N) is 1. The molecule has 0 spiro atoms. The van der Waals surface area contributed by atoms with Gasteiger partial charge in [0, 0.05) is 95.9 Å². The first kappa shape index (κ1) is 55.6. The number of nitrogens with zero attached hydrogens (tertiary/aromatic N) is 10. The van der Waals surface area contributed by atoms with Crippen LogP contribution in [-0.4, -0.2) is 133 Å². The van der Waals surface area contributed by atoms with Gasteiger partial charge in [-0.2, -0.15) is 10.2 Å². The monoisotopic (exact) mass is 1100 g/mol. The Morgan fingerprint density at radius 2 is 1.21 bits per heavy atom. The molecule has 0 saturated carbocycles. The number of carboxylic acids is 1. The third kappa shape index (κ3) is 14.1. The second-order valence-corrected chi connectivity index (χ2v) is 33.6. The molecule has 8 aromatic rings. The first-order chi connectivity index (χ1) is 35.7. The van der Waals surface area contributed by atoms with Crippen LogP contribution >= 0.6 is 23.2 Å². The van der Waals surface area contributed by atoms with Gasteiger partial charge in [-0.05, 0) is 74.2 Å². The van der Waals surface area contributed by atoms with Gasteiger partial charge in [-0.15, -0.1) is 0 Å². The first-order valence-corrected chi connectivity index (χ1v) is 33.5. The molecule has 0 radical (unpaired) electrons. The molecular formula is C52H68Cl2N12O7Si2. The molecule has 0 aliphatic carbocycles. The molecule has 400 valence electrons. The molecule has 10 rings (SSSR count). The van der Waals surface area contributed by atoms with E-state index in [1.54, 1.807) is 38.6 Å². The Hall–Kier alpha value is -5.63. The van der Waals surface area contributed by atoms with Crippen LogP contribution in [0, 0.1) is 0 Å². The summed E-state index contributed by atoms with van der Waals surface area (Å²) in [5.41, 5.74) is 12.1. The maximum absolute atomic E-state index is 13.4. The lowest BCUT2D eigenvalue weighted by molar-refractivity contribution is 0.0623. The molecule has 2 aliphatic heterocycles. The summed E-state index contributed by atoms with van der Waals surface area (Å²) in [5, 5.41) is 25.1. The van der Waals surface area contributed by atoms with Crippen molar-refractivity contribution in [2.24, 2.45) is 19.8 Å². The Morgan fingerprint density at radius 1 is 0.733 bits per heavy atom. The Morgan fingerprint density at radius 3 is 1.64 bits per heavy atom. The van der Waals surface area contributed by atoms with Gasteiger partial charge in [0.2, 0.25) is 0 Å². The fourth-order valence-electron chi connectivity index (χ4n) is 8.66. The topological polar surface area (TPSA) is 226 Å². The van der Waals surface area contributed by atoms with E-state index in [1.165, 1.54) is 6.20 Å². The van der Waals surface area contributed by atoms with Crippen molar-refractivity contribution in [3.05, 3.63) is 82.4 Å². The number of ether oxygens (including phenoxy) is 4. The van der Waals surface area contributed by atoms with Crippen LogP contribution in [0.5, 0.6) is 0 Å². The predicted octanol–water partition coefficient (Wildman–Crippen LogP) is 9.63. The maximum atomic E-state index is 13.4. The molecule has 0 unspecified atom stereocenters. The lowest BCUT2D eigenvalue weighted by Crippen LogP contribution is -2.40. The van der Waals surface area contributed by atoms with Crippen molar-refractivity contribution in [3.8, 4) is 22.8 Å². The fraction of sp³-hybridized carbons (Fsp3) is 0.462. The molecule has 8 heterocycles. The molecule has 4 N–H and O–H groups in total. The highest BCUT2D eigenvalue weighted by molar-refractivity contribution is 6.76. The number of halogens is 2. The van der Waals surface area contributed by atoms with Crippen LogP contribution in [0.15, 0.2) is 61.2 Å². The normalized spacial score (nSPS) is 16.3. The summed E-state index contributed by atoms with van der Waals surface area (Å²) in [7, 11) is 1.28. The maximum Gasteiger partial charge on any atom is 0.339 e. The minimum atomic E-state index is -1.21. The molecule has 0 bridgehead atoms. The van der Waals surface area contributed by atoms with Gasteiger partial charge in [-0.3, -0.25) is 14.2 Å². The molecule has 6 aromatic heterocycles. The first-order valence-electron chi connectivity index (χ1n) is 25.3. The number of nitrogens with one attached hydrogen (secondary N) is 1. The van der Waals surface area contributed by atoms with Crippen molar-refractivity contribution in [3.63, 3.8) is 0 Å². The summed E-state index contributed by atoms with van der Waals surface area (Å²) >= 11 is 12.3. The minimum absolute atomic E-state index is 0.0201. The van der Waals surface area contributed by atoms with E-state index in [0.29, 0.717) is 93.3 Å². The third-order valence-corrected chi connectivity index (χ3v) is 16.7. The summed E-state index contributed by atoms with van der Waals surface area (Å²) in [4.78, 5) is 44.0. The molecule has 19 nitrogen and oxygen atoms in total. The molecule has 1 amide bonds. The number of benzene rings is 2. The van der Waals surface area contributed by atoms with Crippen LogP contribution in [0.4, 0.5) is 0 Å². The van der Waals surface area contributed by atoms with Gasteiger partial charge in [0.1, 0.15) is 52.8 Å². The molecule has 2 aromatic carbocycles. The van der Waals surface area contributed by atoms with Crippen LogP contribution in [0.2, 0.25) is 61.4 Å². The second kappa shape index (κ2) is 24.1. The van der Waals surface area contributed by atoms with Gasteiger partial charge in [0.15, 0.2) is 11.3 Å². The summed E-state index contributed by atoms with van der Waals surface area (Å²) < 4.78 is 29.4. The minimum Gasteiger partial charge on any atom is -0.478 e. The van der Waals surface area contributed by atoms with E-state index < -0.39 is 22.1 Å². The van der Waals surface area contributed by atoms with Gasteiger partial charge >= 0.3 is 5.97 Å². The lowest BCUT2D eigenvalue weighted by atomic mass is 10.1. The van der Waals surface area contributed by atoms with E-state index in [-0.39, 0.29) is 24.2 Å². The summed E-state index contributed by atoms with van der Waals surface area (Å²) in [6.07, 6.45) is 10.7. The molecule has 2 saturated heterocycles. The average Bonchev–Trinajstić information content (AvgIpc) is 4.12. The summed E-state index contributed by atoms with van der Waals surface area (Å²) in [6.45, 7) is 18.6. The number of rotatable bonds is 15. The highest BCUT2D eigenvalue weighted by atomic mass is 35.5. The number of aryl methyl sites for hydroxylation is 2. The van der Waals surface area contributed by atoms with Crippen molar-refractivity contribution in [2.75, 3.05) is 39.6 Å². The Balaban J connectivity index is 0.000000178. The molecule has 75 heavy (non-hydrogen) atoms. The number of carbonyl (C=O) groups excluding carboxylic acids is 1. The zero-order chi connectivity index (χ0) is 53.6. The van der Waals surface area contributed by atoms with Crippen LogP contribution in [0.25, 0.3) is 66.9 Å². The Bertz CT molecular complexity index is 3300. The molecule has 23 heteroatoms. The van der Waals surface area contributed by atoms with Crippen molar-refractivity contribution in [1.29, 1.82) is 0 Å². The average molecular weight is 1100 g/mol. The smallest absolute Gasteiger partial charge is 0.339 e. The Labute approximate surface area is 448 Å². The molecule has 2 aliphatic rings. The fourth-order valence-corrected chi connectivity index (χ4v) is 10.5. The number of carbonyl (C=O) groups is 2. The number of aromatic carboxylic acids is 1. The van der Waals surface area contributed by atoms with Crippen molar-refractivity contribution >= 4 is 95.4 Å². The number of hydrogen-bond acceptors (Lipinski definition) is 13. The van der Waals surface area contributed by atoms with E-state index >= 15 is 0 Å². The van der Waals surface area contributed by atoms with E-state index in [0.717, 1.165) is 79.4 Å². The summed E-state index contributed by atoms with van der Waals surface area (Å²) in [6, 6.07) is 13.5. The van der Waals surface area contributed by atoms with E-state index in [1.807, 2.05) is 49.0 Å². The lowest BCUT2D eigenvalue weighted by Gasteiger charge is -2.22. The molecule has 2 fully saturated rings. The second-order valence-electron chi connectivity index (χ2n) is 21.5. The van der Waals surface area contributed by atoms with Gasteiger partial charge in [-0.1, -0.05) is 62.5 Å². The van der Waals surface area contributed by atoms with E-state index in [9.17, 15) is 14.7 Å². The van der Waals surface area contributed by atoms with E-state index in [4.69, 9.17) is 57.9 Å². The number of hydrogen-bond donors (Lipinski definition) is 3. The van der Waals surface area contributed by atoms with Crippen LogP contribution < -0.4 is 11.1 Å². The number of amides is 1. The molecule has 2 atom stereocenters. The zero-order valence-electron chi connectivity index (χ0n) is 44.0. The van der Waals surface area contributed by atoms with Crippen LogP contribution in [-0.2, 0) is 46.5 Å². The highest BCUT2D eigenvalue weighted by Crippen LogP contribution is 2.32. The highest BCUT2D eigenvalue weighted by Gasteiger charge is 2.25. The predicted molar refractivity (Wildman–Crippen MR) is 299 cm³/mol. The standard InChI is InChI=1S/C26H33ClN6O3Si.C21H24ClN5O3Si.C5H11NO/c1-32-22-12-17(27)7-8-19(22)23(31-32)21-13-28-25-24(30-21)20(26(34)29-18-6-5-9-35-15-18)14-33(25)16-36-10-11-37(2,3)4;1-26-17-9-13(22)5-6-14(17)18(25-26)16-10-23-20-19(24-16)15(21(28)29)11-27(20)12-30-7-8-31(2,3)4;6-5-2-1-3-7-4-5/h7-8,12-14,18H,5-6,9-11,15-16H2,1-4H3,(H,29,34);5-6,9-11H,7-8,12H2,1-4H3,(H,28,29);5H,1-4,6H2/t18-;;5-/m0.0/s1. The SMILES string of the molecule is Cn1nc(-c2cnc3c(n2)c(C(=O)N[C@H]2CCCOC2)cn3COCC[Si](C)(C)C)c2ccc(Cl)cc21.Cn1nc(-c2cnc3c(n2)c(C(=O)O)cn3COCC[Si](C)(C)C)c2ccc(Cl)cc21.N[C@H]1CCCOC1. The van der Waals surface area contributed by atoms with Crippen molar-refractivity contribution < 1.29 is 33.6 Å².